The third kappa shape index (κ3) is 3.05. The quantitative estimate of drug-likeness (QED) is 0.921. The molecule has 0 heterocycles. The molecule has 100 valence electrons. The molecule has 0 aromatic heterocycles. The number of halogens is 2. The molecule has 18 heavy (non-hydrogen) atoms. The largest absolute Gasteiger partial charge is 0.243 e. The first-order valence-corrected chi connectivity index (χ1v) is 7.45. The van der Waals surface area contributed by atoms with Crippen LogP contribution >= 0.6 is 0 Å². The predicted octanol–water partition coefficient (Wildman–Crippen LogP) is 2.58. The van der Waals surface area contributed by atoms with Crippen LogP contribution in [-0.2, 0) is 10.0 Å². The summed E-state index contributed by atoms with van der Waals surface area (Å²) in [4.78, 5) is -0.618. The molecule has 1 aliphatic carbocycles. The molecule has 1 N–H and O–H groups in total. The van der Waals surface area contributed by atoms with Gasteiger partial charge in [0.25, 0.3) is 0 Å². The zero-order chi connectivity index (χ0) is 13.2. The van der Waals surface area contributed by atoms with Crippen LogP contribution < -0.4 is 4.72 Å². The van der Waals surface area contributed by atoms with E-state index >= 15 is 0 Å². The van der Waals surface area contributed by atoms with Crippen molar-refractivity contribution in [3.63, 3.8) is 0 Å². The van der Waals surface area contributed by atoms with Crippen LogP contribution in [-0.4, -0.2) is 14.5 Å². The van der Waals surface area contributed by atoms with Crippen molar-refractivity contribution in [3.8, 4) is 0 Å². The van der Waals surface area contributed by atoms with Crippen LogP contribution in [0.2, 0.25) is 0 Å². The van der Waals surface area contributed by atoms with Crippen LogP contribution in [0.3, 0.4) is 0 Å². The maximum Gasteiger partial charge on any atom is 0.243 e. The minimum Gasteiger partial charge on any atom is -0.208 e. The Balaban J connectivity index is 2.21. The van der Waals surface area contributed by atoms with Gasteiger partial charge in [0.05, 0.1) is 0 Å². The average Bonchev–Trinajstić information content (AvgIpc) is 2.33. The summed E-state index contributed by atoms with van der Waals surface area (Å²) in [6.07, 6.45) is 4.50. The van der Waals surface area contributed by atoms with Gasteiger partial charge in [-0.3, -0.25) is 0 Å². The van der Waals surface area contributed by atoms with Gasteiger partial charge in [0.15, 0.2) is 0 Å². The number of sulfonamides is 1. The maximum absolute atomic E-state index is 13.4. The van der Waals surface area contributed by atoms with Crippen molar-refractivity contribution >= 4 is 10.0 Å². The monoisotopic (exact) mass is 275 g/mol. The van der Waals surface area contributed by atoms with Gasteiger partial charge in [0, 0.05) is 6.04 Å². The fourth-order valence-corrected chi connectivity index (χ4v) is 3.58. The van der Waals surface area contributed by atoms with Crippen molar-refractivity contribution in [3.05, 3.63) is 29.8 Å². The Morgan fingerprint density at radius 1 is 1.11 bits per heavy atom. The van der Waals surface area contributed by atoms with Crippen molar-refractivity contribution in [1.82, 2.24) is 4.72 Å². The van der Waals surface area contributed by atoms with Gasteiger partial charge >= 0.3 is 0 Å². The zero-order valence-corrected chi connectivity index (χ0v) is 10.6. The Hall–Kier alpha value is -1.01. The third-order valence-electron chi connectivity index (χ3n) is 3.11. The normalized spacial score (nSPS) is 17.9. The maximum atomic E-state index is 13.4. The van der Waals surface area contributed by atoms with E-state index in [1.54, 1.807) is 0 Å². The second-order valence-electron chi connectivity index (χ2n) is 4.53. The predicted molar refractivity (Wildman–Crippen MR) is 63.6 cm³/mol. The second kappa shape index (κ2) is 5.32. The molecule has 1 fully saturated rings. The van der Waals surface area contributed by atoms with E-state index in [0.717, 1.165) is 44.2 Å². The van der Waals surface area contributed by atoms with E-state index in [2.05, 4.69) is 4.72 Å². The third-order valence-corrected chi connectivity index (χ3v) is 4.65. The Morgan fingerprint density at radius 3 is 2.44 bits per heavy atom. The molecule has 0 unspecified atom stereocenters. The summed E-state index contributed by atoms with van der Waals surface area (Å²) in [6.45, 7) is 0. The molecule has 1 aliphatic rings. The van der Waals surface area contributed by atoms with Gasteiger partial charge in [0.2, 0.25) is 10.0 Å². The minimum absolute atomic E-state index is 0.175. The van der Waals surface area contributed by atoms with E-state index in [1.165, 1.54) is 0 Å². The van der Waals surface area contributed by atoms with Crippen LogP contribution in [0.1, 0.15) is 32.1 Å². The van der Waals surface area contributed by atoms with E-state index in [4.69, 9.17) is 0 Å². The Bertz CT molecular complexity index is 525. The molecule has 0 amide bonds. The Morgan fingerprint density at radius 2 is 1.78 bits per heavy atom. The van der Waals surface area contributed by atoms with Gasteiger partial charge < -0.3 is 0 Å². The van der Waals surface area contributed by atoms with E-state index in [1.807, 2.05) is 0 Å². The van der Waals surface area contributed by atoms with Crippen LogP contribution in [0.25, 0.3) is 0 Å². The summed E-state index contributed by atoms with van der Waals surface area (Å²) in [7, 11) is -3.98. The average molecular weight is 275 g/mol. The van der Waals surface area contributed by atoms with E-state index in [9.17, 15) is 17.2 Å². The second-order valence-corrected chi connectivity index (χ2v) is 6.21. The summed E-state index contributed by atoms with van der Waals surface area (Å²) in [6, 6.07) is 2.26. The molecule has 1 saturated carbocycles. The first-order chi connectivity index (χ1) is 8.49. The van der Waals surface area contributed by atoms with Gasteiger partial charge in [-0.05, 0) is 31.0 Å². The lowest BCUT2D eigenvalue weighted by Crippen LogP contribution is -2.36. The highest BCUT2D eigenvalue weighted by molar-refractivity contribution is 7.89. The van der Waals surface area contributed by atoms with Gasteiger partial charge in [-0.15, -0.1) is 0 Å². The molecule has 2 rings (SSSR count). The fourth-order valence-electron chi connectivity index (χ4n) is 2.19. The number of benzene rings is 1. The highest BCUT2D eigenvalue weighted by Gasteiger charge is 2.24. The van der Waals surface area contributed by atoms with Crippen LogP contribution in [0, 0.1) is 11.6 Å². The summed E-state index contributed by atoms with van der Waals surface area (Å²) < 4.78 is 52.8. The Kier molecular flexibility index (Phi) is 3.97. The lowest BCUT2D eigenvalue weighted by molar-refractivity contribution is 0.411. The van der Waals surface area contributed by atoms with Crippen LogP contribution in [0.4, 0.5) is 8.78 Å². The smallest absolute Gasteiger partial charge is 0.208 e. The lowest BCUT2D eigenvalue weighted by Gasteiger charge is -2.22. The number of hydrogen-bond acceptors (Lipinski definition) is 2. The molecule has 0 bridgehead atoms. The van der Waals surface area contributed by atoms with Crippen molar-refractivity contribution in [2.75, 3.05) is 0 Å². The Labute approximate surface area is 105 Å². The molecular formula is C12H15F2NO2S. The molecule has 0 atom stereocenters. The molecule has 0 saturated heterocycles. The molecule has 1 aromatic carbocycles. The highest BCUT2D eigenvalue weighted by atomic mass is 32.2. The first kappa shape index (κ1) is 13.4. The highest BCUT2D eigenvalue weighted by Crippen LogP contribution is 2.21. The van der Waals surface area contributed by atoms with Gasteiger partial charge in [-0.2, -0.15) is 0 Å². The molecule has 0 aliphatic heterocycles. The molecular weight excluding hydrogens is 260 g/mol. The molecule has 3 nitrogen and oxygen atoms in total. The topological polar surface area (TPSA) is 46.2 Å². The van der Waals surface area contributed by atoms with E-state index < -0.39 is 26.6 Å². The van der Waals surface area contributed by atoms with Gasteiger partial charge in [-0.1, -0.05) is 19.3 Å². The number of nitrogens with one attached hydrogen (secondary N) is 1. The minimum atomic E-state index is -3.98. The fraction of sp³-hybridized carbons (Fsp3) is 0.500. The van der Waals surface area contributed by atoms with Crippen LogP contribution in [0.15, 0.2) is 23.1 Å². The molecule has 0 spiro atoms. The summed E-state index contributed by atoms with van der Waals surface area (Å²) in [5.74, 6) is -1.69. The van der Waals surface area contributed by atoms with Crippen molar-refractivity contribution in [2.24, 2.45) is 0 Å². The molecule has 1 aromatic rings. The number of rotatable bonds is 3. The van der Waals surface area contributed by atoms with Crippen LogP contribution in [0.5, 0.6) is 0 Å². The van der Waals surface area contributed by atoms with Crippen molar-refractivity contribution in [1.29, 1.82) is 0 Å². The van der Waals surface area contributed by atoms with E-state index in [-0.39, 0.29) is 6.04 Å². The summed E-state index contributed by atoms with van der Waals surface area (Å²) in [5, 5.41) is 0. The summed E-state index contributed by atoms with van der Waals surface area (Å²) in [5.41, 5.74) is 0. The van der Waals surface area contributed by atoms with E-state index in [0.29, 0.717) is 6.07 Å². The first-order valence-electron chi connectivity index (χ1n) is 5.96. The van der Waals surface area contributed by atoms with Gasteiger partial charge in [-0.25, -0.2) is 21.9 Å². The SMILES string of the molecule is O=S(=O)(NC1CCCCC1)c1cc(F)ccc1F. The zero-order valence-electron chi connectivity index (χ0n) is 9.83. The molecule has 6 heteroatoms. The molecule has 0 radical (unpaired) electrons. The number of hydrogen-bond donors (Lipinski definition) is 1. The van der Waals surface area contributed by atoms with Gasteiger partial charge in [0.1, 0.15) is 16.5 Å². The summed E-state index contributed by atoms with van der Waals surface area (Å²) >= 11 is 0. The standard InChI is InChI=1S/C12H15F2NO2S/c13-9-6-7-11(14)12(8-9)18(16,17)15-10-4-2-1-3-5-10/h6-8,10,15H,1-5H2. The lowest BCUT2D eigenvalue weighted by atomic mass is 9.96. The van der Waals surface area contributed by atoms with Crippen molar-refractivity contribution in [2.45, 2.75) is 43.0 Å². The van der Waals surface area contributed by atoms with Crippen molar-refractivity contribution < 1.29 is 17.2 Å².